The number of aliphatic hydroxyl groups excluding tert-OH is 1. The molecule has 0 aliphatic heterocycles. The molecule has 208 valence electrons. The van der Waals surface area contributed by atoms with Crippen LogP contribution in [0.5, 0.6) is 5.75 Å². The van der Waals surface area contributed by atoms with Crippen LogP contribution in [0.3, 0.4) is 0 Å². The van der Waals surface area contributed by atoms with E-state index >= 15 is 0 Å². The number of imidazole rings is 1. The second kappa shape index (κ2) is 11.1. The number of nitrogens with two attached hydrogens (primary N) is 1. The normalized spacial score (nSPS) is 19.8. The molecule has 1 aliphatic carbocycles. The predicted molar refractivity (Wildman–Crippen MR) is 154 cm³/mol. The number of ether oxygens (including phenoxy) is 2. The summed E-state index contributed by atoms with van der Waals surface area (Å²) in [7, 11) is 1.63. The fraction of sp³-hybridized carbons (Fsp3) is 0.219. The molecule has 0 radical (unpaired) electrons. The van der Waals surface area contributed by atoms with Crippen LogP contribution in [0.15, 0.2) is 109 Å². The molecule has 41 heavy (non-hydrogen) atoms. The Labute approximate surface area is 236 Å². The number of nitrogens with zero attached hydrogens (tertiary/aromatic N) is 4. The first-order chi connectivity index (χ1) is 20.1. The number of hydrogen-bond acceptors (Lipinski definition) is 7. The minimum atomic E-state index is -1.00. The summed E-state index contributed by atoms with van der Waals surface area (Å²) in [5.41, 5.74) is 9.18. The third kappa shape index (κ3) is 4.43. The average molecular weight is 552 g/mol. The third-order valence-electron chi connectivity index (χ3n) is 8.05. The molecule has 1 fully saturated rings. The molecular weight excluding hydrogens is 521 g/mol. The Morgan fingerprint density at radius 2 is 1.56 bits per heavy atom. The number of aliphatic hydroxyl groups is 1. The minimum absolute atomic E-state index is 0.198. The van der Waals surface area contributed by atoms with Crippen molar-refractivity contribution in [1.82, 2.24) is 19.5 Å². The number of halogens is 1. The molecule has 3 atom stereocenters. The molecule has 3 aromatic carbocycles. The standard InChI is InChI=1S/C32H30FN5O3/c1-40-24-14-12-23(13-15-24)32(21-8-4-2-5-9-21,22-10-6-3-7-11-22)41-18-27-26(17-39)25(16-33)29(27)38-20-37-28-30(34)35-19-36-31(28)38/h2-16,19-20,26-27,29,39H,17-18H2,1H3,(H2,34,35,36)/b25-16-/t26-,27+,29+/m0/s1. The SMILES string of the molecule is COc1ccc(C(OC[C@H]2[C@H](n3cnc4c(N)ncnc43)/C(=C\F)[C@@H]2CO)(c2ccccc2)c2ccccc2)cc1. The van der Waals surface area contributed by atoms with Crippen LogP contribution in [0, 0.1) is 11.8 Å². The monoisotopic (exact) mass is 551 g/mol. The summed E-state index contributed by atoms with van der Waals surface area (Å²) >= 11 is 0. The lowest BCUT2D eigenvalue weighted by atomic mass is 9.65. The van der Waals surface area contributed by atoms with Gasteiger partial charge in [-0.1, -0.05) is 72.8 Å². The summed E-state index contributed by atoms with van der Waals surface area (Å²) < 4.78 is 28.6. The molecule has 9 heteroatoms. The molecule has 1 saturated carbocycles. The van der Waals surface area contributed by atoms with Gasteiger partial charge in [-0.15, -0.1) is 0 Å². The number of benzene rings is 3. The van der Waals surface area contributed by atoms with Crippen molar-refractivity contribution in [2.45, 2.75) is 11.6 Å². The quantitative estimate of drug-likeness (QED) is 0.247. The molecular formula is C32H30FN5O3. The summed E-state index contributed by atoms with van der Waals surface area (Å²) in [6, 6.07) is 27.3. The summed E-state index contributed by atoms with van der Waals surface area (Å²) in [4.78, 5) is 12.8. The van der Waals surface area contributed by atoms with E-state index in [0.717, 1.165) is 22.4 Å². The predicted octanol–water partition coefficient (Wildman–Crippen LogP) is 5.06. The molecule has 3 N–H and O–H groups in total. The van der Waals surface area contributed by atoms with Gasteiger partial charge in [0, 0.05) is 11.8 Å². The van der Waals surface area contributed by atoms with E-state index in [1.807, 2.05) is 84.9 Å². The van der Waals surface area contributed by atoms with Crippen LogP contribution >= 0.6 is 0 Å². The zero-order valence-corrected chi connectivity index (χ0v) is 22.5. The van der Waals surface area contributed by atoms with Gasteiger partial charge in [0.2, 0.25) is 0 Å². The van der Waals surface area contributed by atoms with Gasteiger partial charge in [0.1, 0.15) is 23.2 Å². The molecule has 5 aromatic rings. The van der Waals surface area contributed by atoms with E-state index < -0.39 is 17.6 Å². The minimum Gasteiger partial charge on any atom is -0.497 e. The highest BCUT2D eigenvalue weighted by molar-refractivity contribution is 5.81. The summed E-state index contributed by atoms with van der Waals surface area (Å²) in [6.07, 6.45) is 3.53. The Kier molecular flexibility index (Phi) is 7.21. The van der Waals surface area contributed by atoms with Crippen molar-refractivity contribution in [3.63, 3.8) is 0 Å². The van der Waals surface area contributed by atoms with Crippen molar-refractivity contribution in [3.8, 4) is 5.75 Å². The lowest BCUT2D eigenvalue weighted by Gasteiger charge is -2.48. The van der Waals surface area contributed by atoms with Crippen molar-refractivity contribution < 1.29 is 19.0 Å². The van der Waals surface area contributed by atoms with Crippen molar-refractivity contribution in [2.24, 2.45) is 11.8 Å². The molecule has 6 rings (SSSR count). The first-order valence-corrected chi connectivity index (χ1v) is 13.4. The van der Waals surface area contributed by atoms with Crippen LogP contribution in [0.4, 0.5) is 10.2 Å². The van der Waals surface area contributed by atoms with E-state index in [1.54, 1.807) is 18.0 Å². The van der Waals surface area contributed by atoms with Gasteiger partial charge in [0.15, 0.2) is 11.5 Å². The maximum absolute atomic E-state index is 14.3. The van der Waals surface area contributed by atoms with Crippen LogP contribution in [0.2, 0.25) is 0 Å². The third-order valence-corrected chi connectivity index (χ3v) is 8.05. The molecule has 0 bridgehead atoms. The topological polar surface area (TPSA) is 108 Å². The van der Waals surface area contributed by atoms with Gasteiger partial charge in [-0.25, -0.2) is 19.3 Å². The highest BCUT2D eigenvalue weighted by atomic mass is 19.1. The van der Waals surface area contributed by atoms with Crippen molar-refractivity contribution in [3.05, 3.63) is 126 Å². The number of aromatic nitrogens is 4. The number of anilines is 1. The summed E-state index contributed by atoms with van der Waals surface area (Å²) in [5, 5.41) is 10.3. The Hall–Kier alpha value is -4.60. The number of fused-ring (bicyclic) bond motifs is 1. The molecule has 2 aromatic heterocycles. The molecule has 8 nitrogen and oxygen atoms in total. The average Bonchev–Trinajstić information content (AvgIpc) is 3.44. The van der Waals surface area contributed by atoms with E-state index in [-0.39, 0.29) is 24.9 Å². The zero-order chi connectivity index (χ0) is 28.4. The Bertz CT molecular complexity index is 1620. The van der Waals surface area contributed by atoms with Gasteiger partial charge in [0.05, 0.1) is 39.0 Å². The van der Waals surface area contributed by atoms with E-state index in [0.29, 0.717) is 23.1 Å². The van der Waals surface area contributed by atoms with E-state index in [2.05, 4.69) is 15.0 Å². The fourth-order valence-electron chi connectivity index (χ4n) is 5.99. The van der Waals surface area contributed by atoms with Crippen LogP contribution < -0.4 is 10.5 Å². The van der Waals surface area contributed by atoms with E-state index in [1.165, 1.54) is 6.33 Å². The van der Waals surface area contributed by atoms with E-state index in [9.17, 15) is 9.50 Å². The first kappa shape index (κ1) is 26.6. The Morgan fingerprint density at radius 1 is 0.927 bits per heavy atom. The number of methoxy groups -OCH3 is 1. The van der Waals surface area contributed by atoms with Gasteiger partial charge in [-0.05, 0) is 34.4 Å². The maximum Gasteiger partial charge on any atom is 0.165 e. The van der Waals surface area contributed by atoms with Gasteiger partial charge < -0.3 is 24.9 Å². The van der Waals surface area contributed by atoms with Gasteiger partial charge >= 0.3 is 0 Å². The highest BCUT2D eigenvalue weighted by Crippen LogP contribution is 2.52. The van der Waals surface area contributed by atoms with Gasteiger partial charge in [-0.3, -0.25) is 0 Å². The van der Waals surface area contributed by atoms with Crippen LogP contribution in [0.1, 0.15) is 22.7 Å². The lowest BCUT2D eigenvalue weighted by Crippen LogP contribution is -2.47. The molecule has 0 unspecified atom stereocenters. The molecule has 1 aliphatic rings. The van der Waals surface area contributed by atoms with Gasteiger partial charge in [-0.2, -0.15) is 0 Å². The highest BCUT2D eigenvalue weighted by Gasteiger charge is 2.49. The molecule has 0 spiro atoms. The maximum atomic E-state index is 14.3. The van der Waals surface area contributed by atoms with Crippen molar-refractivity contribution in [2.75, 3.05) is 26.1 Å². The largest absolute Gasteiger partial charge is 0.497 e. The Balaban J connectivity index is 1.46. The second-order valence-corrected chi connectivity index (χ2v) is 10.0. The van der Waals surface area contributed by atoms with E-state index in [4.69, 9.17) is 15.2 Å². The zero-order valence-electron chi connectivity index (χ0n) is 22.5. The summed E-state index contributed by atoms with van der Waals surface area (Å²) in [5.74, 6) is 0.244. The Morgan fingerprint density at radius 3 is 2.15 bits per heavy atom. The van der Waals surface area contributed by atoms with Crippen LogP contribution in [-0.2, 0) is 10.3 Å². The van der Waals surface area contributed by atoms with Crippen molar-refractivity contribution >= 4 is 17.0 Å². The summed E-state index contributed by atoms with van der Waals surface area (Å²) in [6.45, 7) is -0.0282. The number of nitrogen functional groups attached to an aromatic ring is 1. The van der Waals surface area contributed by atoms with Crippen LogP contribution in [0.25, 0.3) is 11.2 Å². The fourth-order valence-corrected chi connectivity index (χ4v) is 5.99. The molecule has 0 amide bonds. The van der Waals surface area contributed by atoms with Crippen LogP contribution in [-0.4, -0.2) is 44.9 Å². The van der Waals surface area contributed by atoms with Gasteiger partial charge in [0.25, 0.3) is 0 Å². The molecule has 0 saturated heterocycles. The molecule has 2 heterocycles. The van der Waals surface area contributed by atoms with Crippen molar-refractivity contribution in [1.29, 1.82) is 0 Å². The smallest absolute Gasteiger partial charge is 0.165 e. The second-order valence-electron chi connectivity index (χ2n) is 10.0. The number of rotatable bonds is 9. The number of hydrogen-bond donors (Lipinski definition) is 2. The first-order valence-electron chi connectivity index (χ1n) is 13.4. The lowest BCUT2D eigenvalue weighted by molar-refractivity contribution is -0.0510.